The maximum Gasteiger partial charge on any atom is 0.573 e. The van der Waals surface area contributed by atoms with E-state index in [1.807, 2.05) is 36.1 Å². The summed E-state index contributed by atoms with van der Waals surface area (Å²) in [7, 11) is 0. The number of ether oxygens (including phenoxy) is 1. The maximum absolute atomic E-state index is 12.6. The van der Waals surface area contributed by atoms with E-state index in [2.05, 4.69) is 15.0 Å². The van der Waals surface area contributed by atoms with Gasteiger partial charge < -0.3 is 19.9 Å². The van der Waals surface area contributed by atoms with Gasteiger partial charge in [0.05, 0.1) is 0 Å². The third-order valence-electron chi connectivity index (χ3n) is 6.97. The van der Waals surface area contributed by atoms with Crippen LogP contribution in [0.15, 0.2) is 54.6 Å². The Labute approximate surface area is 215 Å². The Balaban J connectivity index is 1.18. The van der Waals surface area contributed by atoms with E-state index in [4.69, 9.17) is 0 Å². The lowest BCUT2D eigenvalue weighted by Crippen LogP contribution is -2.51. The van der Waals surface area contributed by atoms with Crippen LogP contribution >= 0.6 is 0 Å². The Morgan fingerprint density at radius 3 is 2.27 bits per heavy atom. The quantitative estimate of drug-likeness (QED) is 0.562. The molecule has 37 heavy (non-hydrogen) atoms. The van der Waals surface area contributed by atoms with Crippen LogP contribution in [0.5, 0.6) is 5.75 Å². The van der Waals surface area contributed by atoms with Gasteiger partial charge in [-0.2, -0.15) is 0 Å². The molecule has 2 saturated heterocycles. The molecule has 0 radical (unpaired) electrons. The predicted octanol–water partition coefficient (Wildman–Crippen LogP) is 4.79. The van der Waals surface area contributed by atoms with E-state index in [1.165, 1.54) is 30.3 Å². The van der Waals surface area contributed by atoms with E-state index < -0.39 is 6.36 Å². The third kappa shape index (κ3) is 7.82. The number of amides is 2. The van der Waals surface area contributed by atoms with Gasteiger partial charge in [-0.25, -0.2) is 0 Å². The van der Waals surface area contributed by atoms with Crippen molar-refractivity contribution >= 4 is 17.9 Å². The minimum atomic E-state index is -4.73. The summed E-state index contributed by atoms with van der Waals surface area (Å²) >= 11 is 0. The molecule has 2 aromatic carbocycles. The van der Waals surface area contributed by atoms with Gasteiger partial charge >= 0.3 is 6.36 Å². The van der Waals surface area contributed by atoms with Crippen LogP contribution in [0.2, 0.25) is 0 Å². The molecule has 2 fully saturated rings. The van der Waals surface area contributed by atoms with Gasteiger partial charge in [0.15, 0.2) is 0 Å². The predicted molar refractivity (Wildman–Crippen MR) is 135 cm³/mol. The van der Waals surface area contributed by atoms with E-state index in [1.54, 1.807) is 6.08 Å². The van der Waals surface area contributed by atoms with E-state index in [0.29, 0.717) is 30.3 Å². The van der Waals surface area contributed by atoms with Crippen molar-refractivity contribution in [3.63, 3.8) is 0 Å². The van der Waals surface area contributed by atoms with E-state index >= 15 is 0 Å². The van der Waals surface area contributed by atoms with Crippen LogP contribution in [0, 0.1) is 6.92 Å². The molecule has 0 unspecified atom stereocenters. The molecular weight excluding hydrogens is 483 g/mol. The second-order valence-electron chi connectivity index (χ2n) is 9.66. The van der Waals surface area contributed by atoms with E-state index in [-0.39, 0.29) is 23.6 Å². The van der Waals surface area contributed by atoms with Crippen LogP contribution in [0.1, 0.15) is 47.2 Å². The van der Waals surface area contributed by atoms with Crippen LogP contribution in [0.4, 0.5) is 13.2 Å². The molecule has 2 aliphatic rings. The molecule has 2 aromatic rings. The summed E-state index contributed by atoms with van der Waals surface area (Å²) in [5.74, 6) is -0.421. The van der Waals surface area contributed by atoms with Crippen molar-refractivity contribution < 1.29 is 27.5 Å². The molecule has 0 atom stereocenters. The number of aryl methyl sites for hydroxylation is 1. The first kappa shape index (κ1) is 26.7. The zero-order valence-corrected chi connectivity index (χ0v) is 20.8. The van der Waals surface area contributed by atoms with Crippen LogP contribution in [0.3, 0.4) is 0 Å². The first-order valence-corrected chi connectivity index (χ1v) is 12.6. The highest BCUT2D eigenvalue weighted by atomic mass is 19.4. The number of alkyl halides is 3. The van der Waals surface area contributed by atoms with Gasteiger partial charge in [0, 0.05) is 49.9 Å². The Bertz CT molecular complexity index is 1100. The molecule has 4 rings (SSSR count). The second-order valence-corrected chi connectivity index (χ2v) is 9.66. The van der Waals surface area contributed by atoms with Gasteiger partial charge in [0.25, 0.3) is 5.91 Å². The first-order valence-electron chi connectivity index (χ1n) is 12.6. The largest absolute Gasteiger partial charge is 0.573 e. The molecule has 198 valence electrons. The fourth-order valence-electron chi connectivity index (χ4n) is 4.97. The number of halogens is 3. The third-order valence-corrected chi connectivity index (χ3v) is 6.97. The number of benzene rings is 2. The molecule has 2 heterocycles. The molecule has 0 saturated carbocycles. The average Bonchev–Trinajstić information content (AvgIpc) is 2.88. The fourth-order valence-corrected chi connectivity index (χ4v) is 4.97. The lowest BCUT2D eigenvalue weighted by atomic mass is 9.97. The standard InChI is InChI=1S/C28H32F3N3O3/c1-20-3-2-4-22(19-20)27(36)32-23-11-15-33(16-12-23)24-13-17-34(18-14-24)26(35)10-7-21-5-8-25(9-6-21)37-28(29,30)31/h2-10,19,23-24H,11-18H2,1H3,(H,32,36)/b10-7+. The smallest absolute Gasteiger partial charge is 0.406 e. The van der Waals surface area contributed by atoms with Gasteiger partial charge in [-0.1, -0.05) is 29.8 Å². The van der Waals surface area contributed by atoms with Gasteiger partial charge in [-0.15, -0.1) is 13.2 Å². The van der Waals surface area contributed by atoms with Crippen molar-refractivity contribution in [2.45, 2.75) is 51.1 Å². The van der Waals surface area contributed by atoms with Crippen molar-refractivity contribution in [1.29, 1.82) is 0 Å². The fraction of sp³-hybridized carbons (Fsp3) is 0.429. The van der Waals surface area contributed by atoms with Crippen LogP contribution in [-0.4, -0.2) is 66.2 Å². The van der Waals surface area contributed by atoms with Crippen molar-refractivity contribution in [3.05, 3.63) is 71.3 Å². The molecule has 2 aliphatic heterocycles. The van der Waals surface area contributed by atoms with Gasteiger partial charge in [-0.3, -0.25) is 9.59 Å². The number of rotatable bonds is 6. The summed E-state index contributed by atoms with van der Waals surface area (Å²) in [6, 6.07) is 13.6. The second kappa shape index (κ2) is 11.8. The van der Waals surface area contributed by atoms with Crippen molar-refractivity contribution in [2.24, 2.45) is 0 Å². The SMILES string of the molecule is Cc1cccc(C(=O)NC2CCN(C3CCN(C(=O)/C=C/c4ccc(OC(F)(F)F)cc4)CC3)CC2)c1. The lowest BCUT2D eigenvalue weighted by molar-refractivity contribution is -0.274. The average molecular weight is 516 g/mol. The van der Waals surface area contributed by atoms with E-state index in [0.717, 1.165) is 44.3 Å². The number of nitrogens with one attached hydrogen (secondary N) is 1. The molecular formula is C28H32F3N3O3. The molecule has 0 spiro atoms. The number of piperidine rings is 2. The van der Waals surface area contributed by atoms with Crippen LogP contribution < -0.4 is 10.1 Å². The summed E-state index contributed by atoms with van der Waals surface area (Å²) in [5.41, 5.74) is 2.38. The van der Waals surface area contributed by atoms with Crippen molar-refractivity contribution in [1.82, 2.24) is 15.1 Å². The first-order chi connectivity index (χ1) is 17.7. The summed E-state index contributed by atoms with van der Waals surface area (Å²) in [5, 5.41) is 3.17. The highest BCUT2D eigenvalue weighted by Gasteiger charge is 2.31. The summed E-state index contributed by atoms with van der Waals surface area (Å²) in [6.07, 6.45) is 1.93. The number of carbonyl (C=O) groups excluding carboxylic acids is 2. The van der Waals surface area contributed by atoms with E-state index in [9.17, 15) is 22.8 Å². The lowest BCUT2D eigenvalue weighted by Gasteiger charge is -2.41. The Hall–Kier alpha value is -3.33. The molecule has 9 heteroatoms. The highest BCUT2D eigenvalue weighted by molar-refractivity contribution is 5.94. The summed E-state index contributed by atoms with van der Waals surface area (Å²) < 4.78 is 40.7. The van der Waals surface area contributed by atoms with Crippen LogP contribution in [-0.2, 0) is 4.79 Å². The monoisotopic (exact) mass is 515 g/mol. The number of hydrogen-bond donors (Lipinski definition) is 1. The molecule has 0 bridgehead atoms. The van der Waals surface area contributed by atoms with Crippen LogP contribution in [0.25, 0.3) is 6.08 Å². The number of likely N-dealkylation sites (tertiary alicyclic amines) is 2. The number of hydrogen-bond acceptors (Lipinski definition) is 4. The molecule has 2 amide bonds. The Morgan fingerprint density at radius 2 is 1.65 bits per heavy atom. The Morgan fingerprint density at radius 1 is 0.973 bits per heavy atom. The minimum absolute atomic E-state index is 0.0207. The van der Waals surface area contributed by atoms with Gasteiger partial charge in [-0.05, 0) is 68.5 Å². The highest BCUT2D eigenvalue weighted by Crippen LogP contribution is 2.24. The zero-order valence-electron chi connectivity index (χ0n) is 20.8. The molecule has 0 aromatic heterocycles. The minimum Gasteiger partial charge on any atom is -0.406 e. The summed E-state index contributed by atoms with van der Waals surface area (Å²) in [6.45, 7) is 5.15. The van der Waals surface area contributed by atoms with Crippen molar-refractivity contribution in [2.75, 3.05) is 26.2 Å². The number of carbonyl (C=O) groups is 2. The summed E-state index contributed by atoms with van der Waals surface area (Å²) in [4.78, 5) is 29.4. The topological polar surface area (TPSA) is 61.9 Å². The van der Waals surface area contributed by atoms with Gasteiger partial charge in [0.1, 0.15) is 5.75 Å². The zero-order chi connectivity index (χ0) is 26.4. The Kier molecular flexibility index (Phi) is 8.53. The maximum atomic E-state index is 12.6. The van der Waals surface area contributed by atoms with Crippen molar-refractivity contribution in [3.8, 4) is 5.75 Å². The number of nitrogens with zero attached hydrogens (tertiary/aromatic N) is 2. The molecule has 6 nitrogen and oxygen atoms in total. The van der Waals surface area contributed by atoms with Gasteiger partial charge in [0.2, 0.25) is 5.91 Å². The molecule has 1 N–H and O–H groups in total. The molecule has 0 aliphatic carbocycles. The normalized spacial score (nSPS) is 18.2.